The van der Waals surface area contributed by atoms with Gasteiger partial charge in [-0.1, -0.05) is 48.9 Å². The fourth-order valence-electron chi connectivity index (χ4n) is 6.16. The fourth-order valence-corrected chi connectivity index (χ4v) is 6.43. The van der Waals surface area contributed by atoms with Gasteiger partial charge in [-0.15, -0.1) is 0 Å². The van der Waals surface area contributed by atoms with Crippen LogP contribution in [0.4, 0.5) is 18.9 Å². The van der Waals surface area contributed by atoms with E-state index in [4.69, 9.17) is 11.6 Å². The first-order chi connectivity index (χ1) is 17.9. The Labute approximate surface area is 225 Å². The minimum atomic E-state index is -5.15. The van der Waals surface area contributed by atoms with Gasteiger partial charge in [0.25, 0.3) is 17.4 Å². The molecule has 0 aromatic heterocycles. The fraction of sp³-hybridized carbons (Fsp3) is 0.500. The second kappa shape index (κ2) is 10.4. The van der Waals surface area contributed by atoms with Crippen molar-refractivity contribution in [1.82, 2.24) is 10.2 Å². The number of amides is 2. The van der Waals surface area contributed by atoms with Gasteiger partial charge in [0.05, 0.1) is 10.6 Å². The van der Waals surface area contributed by atoms with E-state index in [0.717, 1.165) is 48.7 Å². The summed E-state index contributed by atoms with van der Waals surface area (Å²) in [7, 11) is 2.87. The number of carbonyl (C=O) groups excluding carboxylic acids is 2. The summed E-state index contributed by atoms with van der Waals surface area (Å²) < 4.78 is 41.7. The molecule has 38 heavy (non-hydrogen) atoms. The minimum Gasteiger partial charge on any atom is -0.371 e. The summed E-state index contributed by atoms with van der Waals surface area (Å²) in [5, 5.41) is 13.6. The van der Waals surface area contributed by atoms with Crippen molar-refractivity contribution in [3.8, 4) is 0 Å². The van der Waals surface area contributed by atoms with Crippen LogP contribution in [0.15, 0.2) is 48.5 Å². The number of halogens is 4. The first kappa shape index (κ1) is 28.2. The summed E-state index contributed by atoms with van der Waals surface area (Å²) >= 11 is 6.32. The summed E-state index contributed by atoms with van der Waals surface area (Å²) in [4.78, 5) is 28.1. The summed E-state index contributed by atoms with van der Waals surface area (Å²) in [5.74, 6) is -0.932. The SMILES string of the molecule is CNC(=O)c1ccc(N2CCC3(CC2)[C@H](CCN(C)C(=O)C(O)(c2ccccc2)C(F)(F)F)[C@@H]3C)cc1Cl. The molecule has 1 aliphatic carbocycles. The molecule has 206 valence electrons. The molecule has 2 fully saturated rings. The van der Waals surface area contributed by atoms with Crippen molar-refractivity contribution in [1.29, 1.82) is 0 Å². The molecule has 3 atom stereocenters. The average Bonchev–Trinajstić information content (AvgIpc) is 3.45. The maximum Gasteiger partial charge on any atom is 0.430 e. The molecule has 2 amide bonds. The highest BCUT2D eigenvalue weighted by Gasteiger charge is 2.63. The van der Waals surface area contributed by atoms with Crippen LogP contribution in [-0.4, -0.2) is 61.7 Å². The van der Waals surface area contributed by atoms with Crippen molar-refractivity contribution >= 4 is 29.1 Å². The van der Waals surface area contributed by atoms with Crippen LogP contribution in [0.5, 0.6) is 0 Å². The lowest BCUT2D eigenvalue weighted by molar-refractivity contribution is -0.261. The molecule has 0 bridgehead atoms. The number of likely N-dealkylation sites (N-methyl/N-ethyl adjacent to an activating group) is 1. The molecular formula is C28H33ClF3N3O3. The maximum absolute atomic E-state index is 13.9. The largest absolute Gasteiger partial charge is 0.430 e. The van der Waals surface area contributed by atoms with Gasteiger partial charge in [0, 0.05) is 45.0 Å². The van der Waals surface area contributed by atoms with Crippen molar-refractivity contribution < 1.29 is 27.9 Å². The van der Waals surface area contributed by atoms with Gasteiger partial charge in [0.2, 0.25) is 0 Å². The molecule has 1 aliphatic heterocycles. The van der Waals surface area contributed by atoms with Crippen LogP contribution in [-0.2, 0) is 10.4 Å². The van der Waals surface area contributed by atoms with E-state index in [0.29, 0.717) is 22.9 Å². The molecule has 1 saturated heterocycles. The summed E-state index contributed by atoms with van der Waals surface area (Å²) in [6.45, 7) is 3.88. The van der Waals surface area contributed by atoms with Crippen molar-refractivity contribution in [3.63, 3.8) is 0 Å². The number of hydrogen-bond donors (Lipinski definition) is 2. The maximum atomic E-state index is 13.9. The molecule has 1 spiro atoms. The van der Waals surface area contributed by atoms with E-state index in [2.05, 4.69) is 17.1 Å². The lowest BCUT2D eigenvalue weighted by Gasteiger charge is -2.36. The topological polar surface area (TPSA) is 72.9 Å². The Hall–Kier alpha value is -2.78. The number of nitrogens with one attached hydrogen (secondary N) is 1. The molecule has 0 radical (unpaired) electrons. The van der Waals surface area contributed by atoms with Gasteiger partial charge < -0.3 is 20.2 Å². The Morgan fingerprint density at radius 3 is 2.34 bits per heavy atom. The zero-order chi connectivity index (χ0) is 27.9. The van der Waals surface area contributed by atoms with E-state index in [1.165, 1.54) is 25.2 Å². The summed E-state index contributed by atoms with van der Waals surface area (Å²) in [6, 6.07) is 11.9. The van der Waals surface area contributed by atoms with E-state index in [-0.39, 0.29) is 23.8 Å². The van der Waals surface area contributed by atoms with Gasteiger partial charge in [-0.2, -0.15) is 13.2 Å². The van der Waals surface area contributed by atoms with Crippen LogP contribution in [0.2, 0.25) is 5.02 Å². The molecule has 2 aromatic carbocycles. The predicted molar refractivity (Wildman–Crippen MR) is 140 cm³/mol. The molecular weight excluding hydrogens is 519 g/mol. The number of nitrogens with zero attached hydrogens (tertiary/aromatic N) is 2. The molecule has 4 rings (SSSR count). The molecule has 10 heteroatoms. The van der Waals surface area contributed by atoms with Gasteiger partial charge in [0.15, 0.2) is 0 Å². The normalized spacial score (nSPS) is 22.1. The number of benzene rings is 2. The third kappa shape index (κ3) is 4.86. The lowest BCUT2D eigenvalue weighted by Crippen LogP contribution is -2.55. The molecule has 1 saturated carbocycles. The van der Waals surface area contributed by atoms with E-state index in [1.807, 2.05) is 6.07 Å². The zero-order valence-corrected chi connectivity index (χ0v) is 22.4. The first-order valence-corrected chi connectivity index (χ1v) is 13.1. The number of carbonyl (C=O) groups is 2. The van der Waals surface area contributed by atoms with Gasteiger partial charge in [0.1, 0.15) is 0 Å². The van der Waals surface area contributed by atoms with E-state index < -0.39 is 23.2 Å². The Balaban J connectivity index is 1.37. The summed E-state index contributed by atoms with van der Waals surface area (Å²) in [6.07, 6.45) is -2.75. The third-order valence-electron chi connectivity index (χ3n) is 8.66. The Morgan fingerprint density at radius 2 is 1.79 bits per heavy atom. The van der Waals surface area contributed by atoms with Crippen LogP contribution in [0, 0.1) is 17.3 Å². The highest BCUT2D eigenvalue weighted by molar-refractivity contribution is 6.34. The van der Waals surface area contributed by atoms with Crippen LogP contribution >= 0.6 is 11.6 Å². The number of aliphatic hydroxyl groups is 1. The first-order valence-electron chi connectivity index (χ1n) is 12.7. The lowest BCUT2D eigenvalue weighted by atomic mass is 9.88. The van der Waals surface area contributed by atoms with Gasteiger partial charge in [-0.05, 0) is 54.7 Å². The molecule has 2 aliphatic rings. The zero-order valence-electron chi connectivity index (χ0n) is 21.7. The summed E-state index contributed by atoms with van der Waals surface area (Å²) in [5.41, 5.74) is -2.62. The Morgan fingerprint density at radius 1 is 1.16 bits per heavy atom. The van der Waals surface area contributed by atoms with Crippen LogP contribution in [0.25, 0.3) is 0 Å². The van der Waals surface area contributed by atoms with E-state index in [9.17, 15) is 27.9 Å². The van der Waals surface area contributed by atoms with Crippen molar-refractivity contribution in [2.24, 2.45) is 17.3 Å². The number of alkyl halides is 3. The van der Waals surface area contributed by atoms with Crippen LogP contribution in [0.3, 0.4) is 0 Å². The minimum absolute atomic E-state index is 0.0893. The van der Waals surface area contributed by atoms with Crippen molar-refractivity contribution in [2.45, 2.75) is 38.0 Å². The Kier molecular flexibility index (Phi) is 7.74. The molecule has 2 aromatic rings. The van der Waals surface area contributed by atoms with Crippen LogP contribution < -0.4 is 10.2 Å². The Bertz CT molecular complexity index is 1180. The van der Waals surface area contributed by atoms with Gasteiger partial charge in [-0.25, -0.2) is 0 Å². The quantitative estimate of drug-likeness (QED) is 0.516. The van der Waals surface area contributed by atoms with Crippen molar-refractivity contribution in [3.05, 3.63) is 64.7 Å². The third-order valence-corrected chi connectivity index (χ3v) is 8.97. The second-order valence-corrected chi connectivity index (χ2v) is 10.9. The number of anilines is 1. The van der Waals surface area contributed by atoms with E-state index in [1.54, 1.807) is 19.2 Å². The number of rotatable bonds is 7. The highest BCUT2D eigenvalue weighted by atomic mass is 35.5. The monoisotopic (exact) mass is 551 g/mol. The second-order valence-electron chi connectivity index (χ2n) is 10.4. The molecule has 2 N–H and O–H groups in total. The molecule has 1 heterocycles. The molecule has 1 unspecified atom stereocenters. The van der Waals surface area contributed by atoms with Crippen molar-refractivity contribution in [2.75, 3.05) is 38.6 Å². The highest BCUT2D eigenvalue weighted by Crippen LogP contribution is 2.66. The van der Waals surface area contributed by atoms with Crippen LogP contribution in [0.1, 0.15) is 42.1 Å². The molecule has 6 nitrogen and oxygen atoms in total. The number of piperidine rings is 1. The number of hydrogen-bond acceptors (Lipinski definition) is 4. The standard InChI is InChI=1S/C28H33ClF3N3O3/c1-18-22(11-14-34(3)25(37)27(38,28(30,31)32)19-7-5-4-6-8-19)26(18)12-15-35(16-13-26)20-9-10-21(23(29)17-20)24(36)33-2/h4-10,17-18,22,38H,11-16H2,1-3H3,(H,33,36)/t18-,22+,27?/m0/s1. The van der Waals surface area contributed by atoms with E-state index >= 15 is 0 Å². The van der Waals surface area contributed by atoms with Gasteiger partial charge >= 0.3 is 6.18 Å². The predicted octanol–water partition coefficient (Wildman–Crippen LogP) is 4.85. The smallest absolute Gasteiger partial charge is 0.371 e. The average molecular weight is 552 g/mol. The van der Waals surface area contributed by atoms with Gasteiger partial charge in [-0.3, -0.25) is 9.59 Å².